The van der Waals surface area contributed by atoms with Gasteiger partial charge in [0.2, 0.25) is 0 Å². The average Bonchev–Trinajstić information content (AvgIpc) is 1.96. The maximum atomic E-state index is 11.7. The van der Waals surface area contributed by atoms with E-state index in [4.69, 9.17) is 0 Å². The molecule has 2 nitrogen and oxygen atoms in total. The SMILES string of the molecule is Cc1cc(OC(F)F)cnc1C. The molecule has 1 aromatic rings. The number of ether oxygens (including phenoxy) is 1. The molecule has 0 atom stereocenters. The molecular formula is C8H9F2NO. The van der Waals surface area contributed by atoms with Gasteiger partial charge in [0.15, 0.2) is 0 Å². The molecule has 0 radical (unpaired) electrons. The van der Waals surface area contributed by atoms with Gasteiger partial charge in [0, 0.05) is 5.69 Å². The number of hydrogen-bond donors (Lipinski definition) is 0. The van der Waals surface area contributed by atoms with Gasteiger partial charge in [-0.25, -0.2) is 0 Å². The quantitative estimate of drug-likeness (QED) is 0.684. The molecule has 0 bridgehead atoms. The van der Waals surface area contributed by atoms with Crippen molar-refractivity contribution in [2.45, 2.75) is 20.5 Å². The van der Waals surface area contributed by atoms with Gasteiger partial charge < -0.3 is 4.74 Å². The van der Waals surface area contributed by atoms with Crippen molar-refractivity contribution < 1.29 is 13.5 Å². The van der Waals surface area contributed by atoms with Crippen LogP contribution in [-0.4, -0.2) is 11.6 Å². The fourth-order valence-electron chi connectivity index (χ4n) is 0.785. The Kier molecular flexibility index (Phi) is 2.58. The van der Waals surface area contributed by atoms with E-state index in [9.17, 15) is 8.78 Å². The fraction of sp³-hybridized carbons (Fsp3) is 0.375. The third kappa shape index (κ3) is 2.15. The molecule has 12 heavy (non-hydrogen) atoms. The zero-order valence-corrected chi connectivity index (χ0v) is 6.84. The summed E-state index contributed by atoms with van der Waals surface area (Å²) in [6.45, 7) is 0.816. The predicted molar refractivity (Wildman–Crippen MR) is 40.3 cm³/mol. The van der Waals surface area contributed by atoms with Crippen LogP contribution in [0.2, 0.25) is 0 Å². The number of aromatic nitrogens is 1. The number of rotatable bonds is 2. The van der Waals surface area contributed by atoms with Gasteiger partial charge in [-0.15, -0.1) is 0 Å². The van der Waals surface area contributed by atoms with E-state index in [2.05, 4.69) is 9.72 Å². The summed E-state index contributed by atoms with van der Waals surface area (Å²) in [6.07, 6.45) is 1.29. The second-order valence-electron chi connectivity index (χ2n) is 2.45. The summed E-state index contributed by atoms with van der Waals surface area (Å²) in [5, 5.41) is 0. The molecule has 4 heteroatoms. The highest BCUT2D eigenvalue weighted by Crippen LogP contribution is 2.15. The Bertz CT molecular complexity index is 276. The summed E-state index contributed by atoms with van der Waals surface area (Å²) >= 11 is 0. The summed E-state index contributed by atoms with van der Waals surface area (Å²) in [5.74, 6) is 0.105. The standard InChI is InChI=1S/C8H9F2NO/c1-5-3-7(12-8(9)10)4-11-6(5)2/h3-4,8H,1-2H3. The fourth-order valence-corrected chi connectivity index (χ4v) is 0.785. The van der Waals surface area contributed by atoms with E-state index in [0.29, 0.717) is 0 Å². The summed E-state index contributed by atoms with van der Waals surface area (Å²) in [6, 6.07) is 1.54. The van der Waals surface area contributed by atoms with E-state index in [-0.39, 0.29) is 5.75 Å². The van der Waals surface area contributed by atoms with Crippen molar-refractivity contribution >= 4 is 0 Å². The van der Waals surface area contributed by atoms with E-state index >= 15 is 0 Å². The molecule has 0 aliphatic rings. The van der Waals surface area contributed by atoms with Gasteiger partial charge in [-0.1, -0.05) is 0 Å². The molecule has 1 heterocycles. The first kappa shape index (κ1) is 8.90. The van der Waals surface area contributed by atoms with E-state index in [1.165, 1.54) is 12.3 Å². The Morgan fingerprint density at radius 3 is 2.58 bits per heavy atom. The van der Waals surface area contributed by atoms with Crippen LogP contribution in [0.3, 0.4) is 0 Å². The van der Waals surface area contributed by atoms with Crippen LogP contribution in [0.1, 0.15) is 11.3 Å². The van der Waals surface area contributed by atoms with Crippen LogP contribution in [-0.2, 0) is 0 Å². The zero-order valence-electron chi connectivity index (χ0n) is 6.84. The minimum Gasteiger partial charge on any atom is -0.433 e. The molecule has 0 amide bonds. The third-order valence-corrected chi connectivity index (χ3v) is 1.54. The van der Waals surface area contributed by atoms with Crippen LogP contribution in [0, 0.1) is 13.8 Å². The molecule has 0 aromatic carbocycles. The van der Waals surface area contributed by atoms with Crippen LogP contribution in [0.4, 0.5) is 8.78 Å². The highest BCUT2D eigenvalue weighted by atomic mass is 19.3. The van der Waals surface area contributed by atoms with Crippen LogP contribution < -0.4 is 4.74 Å². The lowest BCUT2D eigenvalue weighted by Gasteiger charge is -2.05. The lowest BCUT2D eigenvalue weighted by atomic mass is 10.2. The number of pyridine rings is 1. The molecule has 0 aliphatic carbocycles. The highest BCUT2D eigenvalue weighted by molar-refractivity contribution is 5.27. The number of hydrogen-bond acceptors (Lipinski definition) is 2. The molecule has 0 N–H and O–H groups in total. The lowest BCUT2D eigenvalue weighted by molar-refractivity contribution is -0.0501. The Morgan fingerprint density at radius 2 is 2.08 bits per heavy atom. The number of aryl methyl sites for hydroxylation is 2. The molecule has 0 saturated heterocycles. The summed E-state index contributed by atoms with van der Waals surface area (Å²) in [5.41, 5.74) is 1.66. The van der Waals surface area contributed by atoms with Gasteiger partial charge >= 0.3 is 6.61 Å². The van der Waals surface area contributed by atoms with Crippen molar-refractivity contribution in [1.29, 1.82) is 0 Å². The van der Waals surface area contributed by atoms with Crippen LogP contribution in [0.25, 0.3) is 0 Å². The molecule has 0 saturated carbocycles. The lowest BCUT2D eigenvalue weighted by Crippen LogP contribution is -2.02. The minimum absolute atomic E-state index is 0.105. The Hall–Kier alpha value is -1.19. The average molecular weight is 173 g/mol. The summed E-state index contributed by atoms with van der Waals surface area (Å²) in [4.78, 5) is 3.87. The third-order valence-electron chi connectivity index (χ3n) is 1.54. The molecule has 0 fully saturated rings. The molecule has 66 valence electrons. The second kappa shape index (κ2) is 3.47. The molecule has 0 unspecified atom stereocenters. The summed E-state index contributed by atoms with van der Waals surface area (Å²) in [7, 11) is 0. The minimum atomic E-state index is -2.78. The first-order valence-electron chi connectivity index (χ1n) is 3.47. The maximum absolute atomic E-state index is 11.7. The Balaban J connectivity index is 2.82. The van der Waals surface area contributed by atoms with Gasteiger partial charge in [0.05, 0.1) is 6.20 Å². The van der Waals surface area contributed by atoms with Gasteiger partial charge in [-0.3, -0.25) is 4.98 Å². The number of alkyl halides is 2. The summed E-state index contributed by atoms with van der Waals surface area (Å²) < 4.78 is 27.6. The van der Waals surface area contributed by atoms with Crippen molar-refractivity contribution in [3.63, 3.8) is 0 Å². The molecular weight excluding hydrogens is 164 g/mol. The monoisotopic (exact) mass is 173 g/mol. The van der Waals surface area contributed by atoms with Gasteiger partial charge in [0.25, 0.3) is 0 Å². The largest absolute Gasteiger partial charge is 0.433 e. The van der Waals surface area contributed by atoms with Gasteiger partial charge in [0.1, 0.15) is 5.75 Å². The van der Waals surface area contributed by atoms with Crippen molar-refractivity contribution in [2.75, 3.05) is 0 Å². The topological polar surface area (TPSA) is 22.1 Å². The van der Waals surface area contributed by atoms with E-state index in [1.807, 2.05) is 6.92 Å². The molecule has 0 aliphatic heterocycles. The molecule has 1 rings (SSSR count). The van der Waals surface area contributed by atoms with E-state index in [0.717, 1.165) is 11.3 Å². The van der Waals surface area contributed by atoms with Crippen LogP contribution >= 0.6 is 0 Å². The number of nitrogens with zero attached hydrogens (tertiary/aromatic N) is 1. The van der Waals surface area contributed by atoms with Gasteiger partial charge in [-0.2, -0.15) is 8.78 Å². The molecule has 0 spiro atoms. The second-order valence-corrected chi connectivity index (χ2v) is 2.45. The first-order valence-corrected chi connectivity index (χ1v) is 3.47. The highest BCUT2D eigenvalue weighted by Gasteiger charge is 2.04. The van der Waals surface area contributed by atoms with Crippen LogP contribution in [0.15, 0.2) is 12.3 Å². The normalized spacial score (nSPS) is 10.4. The van der Waals surface area contributed by atoms with E-state index in [1.54, 1.807) is 6.92 Å². The van der Waals surface area contributed by atoms with Crippen molar-refractivity contribution in [3.8, 4) is 5.75 Å². The van der Waals surface area contributed by atoms with E-state index < -0.39 is 6.61 Å². The van der Waals surface area contributed by atoms with Crippen LogP contribution in [0.5, 0.6) is 5.75 Å². The van der Waals surface area contributed by atoms with Gasteiger partial charge in [-0.05, 0) is 25.5 Å². The predicted octanol–water partition coefficient (Wildman–Crippen LogP) is 2.30. The smallest absolute Gasteiger partial charge is 0.387 e. The van der Waals surface area contributed by atoms with Crippen molar-refractivity contribution in [1.82, 2.24) is 4.98 Å². The first-order chi connectivity index (χ1) is 5.59. The molecule has 1 aromatic heterocycles. The maximum Gasteiger partial charge on any atom is 0.387 e. The van der Waals surface area contributed by atoms with Crippen molar-refractivity contribution in [2.24, 2.45) is 0 Å². The zero-order chi connectivity index (χ0) is 9.14. The Morgan fingerprint density at radius 1 is 1.42 bits per heavy atom. The Labute approximate surface area is 69.2 Å². The van der Waals surface area contributed by atoms with Crippen molar-refractivity contribution in [3.05, 3.63) is 23.5 Å². The number of halogens is 2.